The summed E-state index contributed by atoms with van der Waals surface area (Å²) in [6.07, 6.45) is 4.09. The Kier molecular flexibility index (Phi) is 5.88. The van der Waals surface area contributed by atoms with Crippen LogP contribution in [0.1, 0.15) is 42.1 Å². The van der Waals surface area contributed by atoms with Crippen molar-refractivity contribution >= 4 is 51.6 Å². The molecule has 0 bridgehead atoms. The third kappa shape index (κ3) is 4.02. The minimum atomic E-state index is -0.288. The highest BCUT2D eigenvalue weighted by atomic mass is 35.5. The van der Waals surface area contributed by atoms with Crippen LogP contribution in [-0.4, -0.2) is 16.4 Å². The van der Waals surface area contributed by atoms with Crippen LogP contribution in [0.5, 0.6) is 0 Å². The number of rotatable bonds is 5. The van der Waals surface area contributed by atoms with Crippen LogP contribution in [0.15, 0.2) is 42.6 Å². The van der Waals surface area contributed by atoms with E-state index < -0.39 is 0 Å². The standard InChI is InChI=1S/C21H20Cl2N2O2/c1-3-4-8-19(26)24-14-9-10-18-15(11-14)13(2)12-25(18)21(27)20-16(22)6-5-7-17(20)23/h5-7,9-12H,3-4,8H2,1-2H3,(H,24,26). The minimum absolute atomic E-state index is 0.00721. The normalized spacial score (nSPS) is 11.0. The van der Waals surface area contributed by atoms with Crippen LogP contribution in [-0.2, 0) is 4.79 Å². The molecule has 0 radical (unpaired) electrons. The Labute approximate surface area is 168 Å². The van der Waals surface area contributed by atoms with E-state index in [-0.39, 0.29) is 17.4 Å². The molecule has 0 spiro atoms. The Hall–Kier alpha value is -2.30. The smallest absolute Gasteiger partial charge is 0.265 e. The summed E-state index contributed by atoms with van der Waals surface area (Å²) in [5.41, 5.74) is 2.65. The zero-order chi connectivity index (χ0) is 19.6. The van der Waals surface area contributed by atoms with E-state index in [2.05, 4.69) is 5.32 Å². The number of hydrogen-bond donors (Lipinski definition) is 1. The first-order chi connectivity index (χ1) is 12.9. The third-order valence-corrected chi connectivity index (χ3v) is 5.07. The lowest BCUT2D eigenvalue weighted by Crippen LogP contribution is -2.12. The number of carbonyl (C=O) groups excluding carboxylic acids is 2. The highest BCUT2D eigenvalue weighted by molar-refractivity contribution is 6.40. The molecule has 1 N–H and O–H groups in total. The molecule has 140 valence electrons. The highest BCUT2D eigenvalue weighted by Gasteiger charge is 2.19. The van der Waals surface area contributed by atoms with E-state index in [0.29, 0.717) is 22.2 Å². The van der Waals surface area contributed by atoms with Crippen LogP contribution in [0.2, 0.25) is 10.0 Å². The fourth-order valence-corrected chi connectivity index (χ4v) is 3.58. The maximum absolute atomic E-state index is 13.0. The molecule has 0 aliphatic carbocycles. The largest absolute Gasteiger partial charge is 0.326 e. The van der Waals surface area contributed by atoms with Gasteiger partial charge in [-0.15, -0.1) is 0 Å². The first-order valence-electron chi connectivity index (χ1n) is 8.82. The topological polar surface area (TPSA) is 51.1 Å². The quantitative estimate of drug-likeness (QED) is 0.562. The van der Waals surface area contributed by atoms with Gasteiger partial charge >= 0.3 is 0 Å². The number of nitrogens with one attached hydrogen (secondary N) is 1. The molecule has 0 saturated carbocycles. The van der Waals surface area contributed by atoms with E-state index in [0.717, 1.165) is 29.3 Å². The maximum atomic E-state index is 13.0. The summed E-state index contributed by atoms with van der Waals surface area (Å²) in [6.45, 7) is 3.97. The van der Waals surface area contributed by atoms with E-state index in [4.69, 9.17) is 23.2 Å². The van der Waals surface area contributed by atoms with Crippen molar-refractivity contribution in [1.29, 1.82) is 0 Å². The van der Waals surface area contributed by atoms with Gasteiger partial charge in [0.2, 0.25) is 5.91 Å². The summed E-state index contributed by atoms with van der Waals surface area (Å²) < 4.78 is 1.54. The van der Waals surface area contributed by atoms with E-state index in [9.17, 15) is 9.59 Å². The van der Waals surface area contributed by atoms with Crippen LogP contribution in [0.25, 0.3) is 10.9 Å². The number of aromatic nitrogens is 1. The van der Waals surface area contributed by atoms with E-state index in [1.54, 1.807) is 35.0 Å². The van der Waals surface area contributed by atoms with Crippen LogP contribution < -0.4 is 5.32 Å². The van der Waals surface area contributed by atoms with Gasteiger partial charge in [0.15, 0.2) is 0 Å². The lowest BCUT2D eigenvalue weighted by Gasteiger charge is -2.09. The molecular formula is C21H20Cl2N2O2. The first kappa shape index (κ1) is 19.5. The summed E-state index contributed by atoms with van der Waals surface area (Å²) >= 11 is 12.4. The van der Waals surface area contributed by atoms with Gasteiger partial charge in [0.1, 0.15) is 0 Å². The monoisotopic (exact) mass is 402 g/mol. The van der Waals surface area contributed by atoms with Crippen molar-refractivity contribution in [3.05, 3.63) is 63.8 Å². The van der Waals surface area contributed by atoms with E-state index in [1.165, 1.54) is 0 Å². The summed E-state index contributed by atoms with van der Waals surface area (Å²) in [4.78, 5) is 25.0. The van der Waals surface area contributed by atoms with Gasteiger partial charge in [-0.3, -0.25) is 14.2 Å². The van der Waals surface area contributed by atoms with Crippen molar-refractivity contribution in [3.63, 3.8) is 0 Å². The molecule has 0 unspecified atom stereocenters. The van der Waals surface area contributed by atoms with Crippen LogP contribution in [0, 0.1) is 6.92 Å². The molecule has 4 nitrogen and oxygen atoms in total. The molecule has 0 aliphatic heterocycles. The number of benzene rings is 2. The molecule has 3 rings (SSSR count). The molecule has 0 fully saturated rings. The van der Waals surface area contributed by atoms with Crippen molar-refractivity contribution < 1.29 is 9.59 Å². The number of aryl methyl sites for hydroxylation is 1. The number of hydrogen-bond acceptors (Lipinski definition) is 2. The molecule has 3 aromatic rings. The SMILES string of the molecule is CCCCC(=O)Nc1ccc2c(c1)c(C)cn2C(=O)c1c(Cl)cccc1Cl. The third-order valence-electron chi connectivity index (χ3n) is 4.44. The lowest BCUT2D eigenvalue weighted by atomic mass is 10.1. The van der Waals surface area contributed by atoms with Crippen LogP contribution >= 0.6 is 23.2 Å². The summed E-state index contributed by atoms with van der Waals surface area (Å²) in [5, 5.41) is 4.42. The number of anilines is 1. The van der Waals surface area contributed by atoms with Gasteiger partial charge in [-0.25, -0.2) is 0 Å². The Morgan fingerprint density at radius 1 is 1.11 bits per heavy atom. The molecule has 0 atom stereocenters. The van der Waals surface area contributed by atoms with Gasteiger partial charge in [0.25, 0.3) is 5.91 Å². The van der Waals surface area contributed by atoms with Gasteiger partial charge in [-0.1, -0.05) is 42.6 Å². The number of unbranched alkanes of at least 4 members (excludes halogenated alkanes) is 1. The fraction of sp³-hybridized carbons (Fsp3) is 0.238. The van der Waals surface area contributed by atoms with E-state index in [1.807, 2.05) is 26.0 Å². The zero-order valence-corrected chi connectivity index (χ0v) is 16.7. The molecule has 1 aromatic heterocycles. The van der Waals surface area contributed by atoms with Gasteiger partial charge in [0, 0.05) is 23.7 Å². The predicted octanol–water partition coefficient (Wildman–Crippen LogP) is 6.07. The van der Waals surface area contributed by atoms with E-state index >= 15 is 0 Å². The molecular weight excluding hydrogens is 383 g/mol. The Balaban J connectivity index is 1.97. The molecule has 1 amide bonds. The van der Waals surface area contributed by atoms with Crippen LogP contribution in [0.3, 0.4) is 0 Å². The van der Waals surface area contributed by atoms with Gasteiger partial charge < -0.3 is 5.32 Å². The average molecular weight is 403 g/mol. The van der Waals surface area contributed by atoms with Gasteiger partial charge in [-0.2, -0.15) is 0 Å². The second-order valence-electron chi connectivity index (χ2n) is 6.47. The number of carbonyl (C=O) groups is 2. The minimum Gasteiger partial charge on any atom is -0.326 e. The van der Waals surface area contributed by atoms with Crippen molar-refractivity contribution in [2.75, 3.05) is 5.32 Å². The van der Waals surface area contributed by atoms with Gasteiger partial charge in [0.05, 0.1) is 21.1 Å². The highest BCUT2D eigenvalue weighted by Crippen LogP contribution is 2.29. The summed E-state index contributed by atoms with van der Waals surface area (Å²) in [7, 11) is 0. The van der Waals surface area contributed by atoms with Crippen molar-refractivity contribution in [2.24, 2.45) is 0 Å². The number of nitrogens with zero attached hydrogens (tertiary/aromatic N) is 1. The number of fused-ring (bicyclic) bond motifs is 1. The van der Waals surface area contributed by atoms with Gasteiger partial charge in [-0.05, 0) is 49.2 Å². The lowest BCUT2D eigenvalue weighted by molar-refractivity contribution is -0.116. The van der Waals surface area contributed by atoms with Crippen molar-refractivity contribution in [3.8, 4) is 0 Å². The van der Waals surface area contributed by atoms with Crippen molar-refractivity contribution in [2.45, 2.75) is 33.1 Å². The number of amides is 1. The maximum Gasteiger partial charge on any atom is 0.265 e. The van der Waals surface area contributed by atoms with Crippen molar-refractivity contribution in [1.82, 2.24) is 4.57 Å². The molecule has 0 saturated heterocycles. The molecule has 27 heavy (non-hydrogen) atoms. The summed E-state index contributed by atoms with van der Waals surface area (Å²) in [5.74, 6) is -0.296. The average Bonchev–Trinajstić information content (AvgIpc) is 2.96. The fourth-order valence-electron chi connectivity index (χ4n) is 3.02. The Bertz CT molecular complexity index is 1000. The Morgan fingerprint density at radius 2 is 1.81 bits per heavy atom. The molecule has 6 heteroatoms. The molecule has 2 aromatic carbocycles. The Morgan fingerprint density at radius 3 is 2.48 bits per heavy atom. The summed E-state index contributed by atoms with van der Waals surface area (Å²) in [6, 6.07) is 10.5. The molecule has 0 aliphatic rings. The number of halogens is 2. The second kappa shape index (κ2) is 8.15. The predicted molar refractivity (Wildman–Crippen MR) is 111 cm³/mol. The van der Waals surface area contributed by atoms with Crippen LogP contribution in [0.4, 0.5) is 5.69 Å². The molecule has 1 heterocycles. The second-order valence-corrected chi connectivity index (χ2v) is 7.28. The first-order valence-corrected chi connectivity index (χ1v) is 9.58. The zero-order valence-electron chi connectivity index (χ0n) is 15.2.